The smallest absolute Gasteiger partial charge is 0.169 e. The second-order valence-electron chi connectivity index (χ2n) is 4.28. The highest BCUT2D eigenvalue weighted by molar-refractivity contribution is 8.02. The minimum Gasteiger partial charge on any atom is -0.318 e. The van der Waals surface area contributed by atoms with Gasteiger partial charge < -0.3 is 4.57 Å². The van der Waals surface area contributed by atoms with E-state index < -0.39 is 0 Å². The molecule has 5 heteroatoms. The van der Waals surface area contributed by atoms with Crippen LogP contribution in [0.25, 0.3) is 11.0 Å². The minimum absolute atomic E-state index is 1.06. The van der Waals surface area contributed by atoms with E-state index in [1.807, 2.05) is 35.3 Å². The van der Waals surface area contributed by atoms with Crippen LogP contribution in [0.1, 0.15) is 13.8 Å². The van der Waals surface area contributed by atoms with Crippen LogP contribution in [0.5, 0.6) is 0 Å². The van der Waals surface area contributed by atoms with Gasteiger partial charge in [-0.1, -0.05) is 37.7 Å². The summed E-state index contributed by atoms with van der Waals surface area (Å²) >= 11 is 5.89. The van der Waals surface area contributed by atoms with Crippen molar-refractivity contribution >= 4 is 46.3 Å². The van der Waals surface area contributed by atoms with Gasteiger partial charge in [-0.05, 0) is 23.6 Å². The third kappa shape index (κ3) is 4.37. The molecule has 2 rings (SSSR count). The zero-order valence-electron chi connectivity index (χ0n) is 12.2. The Hall–Kier alpha value is -0.260. The predicted molar refractivity (Wildman–Crippen MR) is 96.5 cm³/mol. The number of hydrogen-bond donors (Lipinski definition) is 0. The lowest BCUT2D eigenvalue weighted by Gasteiger charge is -2.08. The highest BCUT2D eigenvalue weighted by atomic mass is 32.2. The first-order valence-corrected chi connectivity index (χ1v) is 10.4. The van der Waals surface area contributed by atoms with E-state index in [4.69, 9.17) is 4.98 Å². The highest BCUT2D eigenvalue weighted by Crippen LogP contribution is 2.25. The summed E-state index contributed by atoms with van der Waals surface area (Å²) in [5.74, 6) is 5.89. The number of imidazole rings is 1. The van der Waals surface area contributed by atoms with Crippen LogP contribution in [0.4, 0.5) is 0 Å². The van der Waals surface area contributed by atoms with Gasteiger partial charge in [0.1, 0.15) is 0 Å². The molecule has 0 saturated heterocycles. The summed E-state index contributed by atoms with van der Waals surface area (Å²) < 4.78 is 2.39. The summed E-state index contributed by atoms with van der Waals surface area (Å²) in [7, 11) is 0. The van der Waals surface area contributed by atoms with Gasteiger partial charge in [-0.3, -0.25) is 0 Å². The lowest BCUT2D eigenvalue weighted by atomic mass is 10.3. The Bertz CT molecular complexity index is 525. The molecule has 0 bridgehead atoms. The van der Waals surface area contributed by atoms with Crippen molar-refractivity contribution in [1.29, 1.82) is 0 Å². The first kappa shape index (κ1) is 16.1. The van der Waals surface area contributed by atoms with E-state index in [9.17, 15) is 0 Å². The Morgan fingerprint density at radius 2 is 1.75 bits per heavy atom. The fourth-order valence-electron chi connectivity index (χ4n) is 2.02. The normalized spacial score (nSPS) is 11.3. The molecular weight excluding hydrogens is 304 g/mol. The molecule has 20 heavy (non-hydrogen) atoms. The van der Waals surface area contributed by atoms with Crippen LogP contribution in [-0.2, 0) is 6.54 Å². The second-order valence-corrected chi connectivity index (χ2v) is 8.13. The van der Waals surface area contributed by atoms with Crippen LogP contribution in [0.15, 0.2) is 29.4 Å². The van der Waals surface area contributed by atoms with Crippen LogP contribution in [0.3, 0.4) is 0 Å². The van der Waals surface area contributed by atoms with Crippen molar-refractivity contribution in [2.45, 2.75) is 25.5 Å². The van der Waals surface area contributed by atoms with Crippen molar-refractivity contribution in [2.24, 2.45) is 0 Å². The largest absolute Gasteiger partial charge is 0.318 e. The monoisotopic (exact) mass is 326 g/mol. The van der Waals surface area contributed by atoms with E-state index in [0.29, 0.717) is 0 Å². The molecule has 1 aromatic carbocycles. The minimum atomic E-state index is 1.06. The fourth-order valence-corrected chi connectivity index (χ4v) is 4.40. The number of benzene rings is 1. The van der Waals surface area contributed by atoms with Crippen molar-refractivity contribution < 1.29 is 0 Å². The number of aryl methyl sites for hydroxylation is 1. The third-order valence-corrected chi connectivity index (χ3v) is 5.96. The van der Waals surface area contributed by atoms with E-state index in [-0.39, 0.29) is 0 Å². The molecule has 0 radical (unpaired) electrons. The van der Waals surface area contributed by atoms with Gasteiger partial charge in [0.05, 0.1) is 11.0 Å². The molecule has 0 spiro atoms. The molecule has 0 saturated carbocycles. The fraction of sp³-hybridized carbons (Fsp3) is 0.533. The van der Waals surface area contributed by atoms with Gasteiger partial charge in [-0.2, -0.15) is 23.5 Å². The molecule has 0 amide bonds. The molecule has 0 aliphatic carbocycles. The van der Waals surface area contributed by atoms with Crippen molar-refractivity contribution in [3.63, 3.8) is 0 Å². The molecular formula is C15H22N2S3. The quantitative estimate of drug-likeness (QED) is 0.493. The van der Waals surface area contributed by atoms with Gasteiger partial charge >= 0.3 is 0 Å². The second kappa shape index (κ2) is 8.90. The summed E-state index contributed by atoms with van der Waals surface area (Å²) in [6, 6.07) is 8.48. The van der Waals surface area contributed by atoms with Crippen molar-refractivity contribution in [3.8, 4) is 0 Å². The number of fused-ring (bicyclic) bond motifs is 1. The van der Waals surface area contributed by atoms with Crippen LogP contribution in [-0.4, -0.2) is 38.3 Å². The number of nitrogens with zero attached hydrogens (tertiary/aromatic N) is 2. The van der Waals surface area contributed by atoms with E-state index in [1.54, 1.807) is 0 Å². The number of para-hydroxylation sites is 2. The van der Waals surface area contributed by atoms with Gasteiger partial charge in [-0.25, -0.2) is 4.98 Å². The van der Waals surface area contributed by atoms with Gasteiger partial charge in [-0.15, -0.1) is 0 Å². The Kier molecular flexibility index (Phi) is 7.17. The maximum absolute atomic E-state index is 4.80. The van der Waals surface area contributed by atoms with E-state index in [0.717, 1.165) is 23.6 Å². The number of aromatic nitrogens is 2. The summed E-state index contributed by atoms with van der Waals surface area (Å²) in [6.07, 6.45) is 0. The van der Waals surface area contributed by atoms with Crippen molar-refractivity contribution in [3.05, 3.63) is 24.3 Å². The first-order valence-electron chi connectivity index (χ1n) is 7.10. The molecule has 0 unspecified atom stereocenters. The van der Waals surface area contributed by atoms with Gasteiger partial charge in [0.25, 0.3) is 0 Å². The third-order valence-electron chi connectivity index (χ3n) is 2.95. The lowest BCUT2D eigenvalue weighted by molar-refractivity contribution is 0.710. The molecule has 110 valence electrons. The molecule has 0 aliphatic rings. The van der Waals surface area contributed by atoms with Crippen molar-refractivity contribution in [2.75, 3.05) is 28.8 Å². The summed E-state index contributed by atoms with van der Waals surface area (Å²) in [5.41, 5.74) is 2.40. The summed E-state index contributed by atoms with van der Waals surface area (Å²) in [6.45, 7) is 5.49. The number of thioether (sulfide) groups is 3. The van der Waals surface area contributed by atoms with E-state index in [2.05, 4.69) is 42.7 Å². The van der Waals surface area contributed by atoms with Gasteiger partial charge in [0.15, 0.2) is 5.16 Å². The molecule has 1 aromatic heterocycles. The molecule has 0 aliphatic heterocycles. The van der Waals surface area contributed by atoms with E-state index in [1.165, 1.54) is 27.9 Å². The molecule has 2 aromatic rings. The zero-order chi connectivity index (χ0) is 14.2. The zero-order valence-corrected chi connectivity index (χ0v) is 14.6. The van der Waals surface area contributed by atoms with Crippen LogP contribution in [0.2, 0.25) is 0 Å². The average Bonchev–Trinajstić information content (AvgIpc) is 2.82. The Labute approximate surface area is 134 Å². The summed E-state index contributed by atoms with van der Waals surface area (Å²) in [5, 5.41) is 1.18. The predicted octanol–water partition coefficient (Wildman–Crippen LogP) is 4.63. The Balaban J connectivity index is 2.11. The SMILES string of the molecule is CCSCCSc1nc2ccccc2n1CCSCC. The summed E-state index contributed by atoms with van der Waals surface area (Å²) in [4.78, 5) is 4.80. The number of hydrogen-bond acceptors (Lipinski definition) is 4. The maximum atomic E-state index is 4.80. The number of rotatable bonds is 9. The maximum Gasteiger partial charge on any atom is 0.169 e. The van der Waals surface area contributed by atoms with Crippen LogP contribution in [0, 0.1) is 0 Å². The van der Waals surface area contributed by atoms with Gasteiger partial charge in [0.2, 0.25) is 0 Å². The van der Waals surface area contributed by atoms with Crippen molar-refractivity contribution in [1.82, 2.24) is 9.55 Å². The Morgan fingerprint density at radius 3 is 2.55 bits per heavy atom. The Morgan fingerprint density at radius 1 is 1.00 bits per heavy atom. The lowest BCUT2D eigenvalue weighted by Crippen LogP contribution is -2.03. The van der Waals surface area contributed by atoms with Crippen LogP contribution < -0.4 is 0 Å². The topological polar surface area (TPSA) is 17.8 Å². The molecule has 1 heterocycles. The molecule has 0 atom stereocenters. The standard InChI is InChI=1S/C15H22N2S3/c1-3-18-10-9-17-14-8-6-5-7-13(14)16-15(17)20-12-11-19-4-2/h5-8H,3-4,9-12H2,1-2H3. The highest BCUT2D eigenvalue weighted by Gasteiger charge is 2.10. The van der Waals surface area contributed by atoms with Crippen LogP contribution >= 0.6 is 35.3 Å². The first-order chi connectivity index (χ1) is 9.86. The molecule has 2 nitrogen and oxygen atoms in total. The molecule has 0 N–H and O–H groups in total. The van der Waals surface area contributed by atoms with E-state index >= 15 is 0 Å². The molecule has 0 fully saturated rings. The van der Waals surface area contributed by atoms with Gasteiger partial charge in [0, 0.05) is 23.8 Å². The average molecular weight is 327 g/mol.